The van der Waals surface area contributed by atoms with E-state index >= 15 is 0 Å². The van der Waals surface area contributed by atoms with Crippen molar-refractivity contribution in [2.75, 3.05) is 19.6 Å². The molecule has 1 heterocycles. The molecule has 0 aliphatic heterocycles. The Balaban J connectivity index is 2.13. The Bertz CT molecular complexity index is 257. The van der Waals surface area contributed by atoms with Crippen LogP contribution in [0, 0.1) is 0 Å². The maximum absolute atomic E-state index is 3.50. The summed E-state index contributed by atoms with van der Waals surface area (Å²) in [6, 6.07) is 4.95. The highest BCUT2D eigenvalue weighted by molar-refractivity contribution is 7.09. The SMILES string of the molecule is CCCN(CCNCc1cccs1)C(C)C. The molecule has 2 nitrogen and oxygen atoms in total. The Labute approximate surface area is 104 Å². The summed E-state index contributed by atoms with van der Waals surface area (Å²) in [5, 5.41) is 5.63. The molecular weight excluding hydrogens is 216 g/mol. The van der Waals surface area contributed by atoms with Crippen LogP contribution >= 0.6 is 11.3 Å². The highest BCUT2D eigenvalue weighted by Gasteiger charge is 2.06. The molecule has 0 saturated carbocycles. The second kappa shape index (κ2) is 7.82. The highest BCUT2D eigenvalue weighted by Crippen LogP contribution is 2.07. The van der Waals surface area contributed by atoms with Gasteiger partial charge in [0.25, 0.3) is 0 Å². The fourth-order valence-electron chi connectivity index (χ4n) is 1.76. The summed E-state index contributed by atoms with van der Waals surface area (Å²) in [5.41, 5.74) is 0. The third kappa shape index (κ3) is 5.10. The molecule has 1 rings (SSSR count). The molecule has 0 atom stereocenters. The zero-order valence-electron chi connectivity index (χ0n) is 10.7. The number of nitrogens with one attached hydrogen (secondary N) is 1. The van der Waals surface area contributed by atoms with Crippen LogP contribution in [0.4, 0.5) is 0 Å². The topological polar surface area (TPSA) is 15.3 Å². The Morgan fingerprint density at radius 1 is 1.38 bits per heavy atom. The molecule has 0 bridgehead atoms. The highest BCUT2D eigenvalue weighted by atomic mass is 32.1. The van der Waals surface area contributed by atoms with E-state index in [0.717, 1.165) is 19.6 Å². The van der Waals surface area contributed by atoms with Gasteiger partial charge in [0.1, 0.15) is 0 Å². The summed E-state index contributed by atoms with van der Waals surface area (Å²) in [6.45, 7) is 11.2. The predicted molar refractivity (Wildman–Crippen MR) is 73.0 cm³/mol. The minimum Gasteiger partial charge on any atom is -0.311 e. The van der Waals surface area contributed by atoms with Crippen molar-refractivity contribution in [2.24, 2.45) is 0 Å². The molecule has 0 aromatic carbocycles. The molecule has 0 fully saturated rings. The summed E-state index contributed by atoms with van der Waals surface area (Å²) in [6.07, 6.45) is 1.24. The standard InChI is InChI=1S/C13H24N2S/c1-4-8-15(12(2)3)9-7-14-11-13-6-5-10-16-13/h5-6,10,12,14H,4,7-9,11H2,1-3H3. The summed E-state index contributed by atoms with van der Waals surface area (Å²) >= 11 is 1.82. The lowest BCUT2D eigenvalue weighted by Crippen LogP contribution is -2.37. The molecule has 0 aliphatic carbocycles. The van der Waals surface area contributed by atoms with E-state index in [1.54, 1.807) is 0 Å². The van der Waals surface area contributed by atoms with E-state index in [-0.39, 0.29) is 0 Å². The van der Waals surface area contributed by atoms with Crippen molar-refractivity contribution in [1.29, 1.82) is 0 Å². The van der Waals surface area contributed by atoms with Crippen LogP contribution in [-0.2, 0) is 6.54 Å². The van der Waals surface area contributed by atoms with Gasteiger partial charge in [-0.1, -0.05) is 13.0 Å². The molecule has 16 heavy (non-hydrogen) atoms. The lowest BCUT2D eigenvalue weighted by Gasteiger charge is -2.25. The molecular formula is C13H24N2S. The first-order chi connectivity index (χ1) is 7.74. The molecule has 0 radical (unpaired) electrons. The van der Waals surface area contributed by atoms with Crippen LogP contribution in [0.15, 0.2) is 17.5 Å². The van der Waals surface area contributed by atoms with Crippen molar-refractivity contribution < 1.29 is 0 Å². The average molecular weight is 240 g/mol. The maximum atomic E-state index is 3.50. The van der Waals surface area contributed by atoms with E-state index in [9.17, 15) is 0 Å². The molecule has 0 amide bonds. The van der Waals surface area contributed by atoms with Crippen LogP contribution in [-0.4, -0.2) is 30.6 Å². The third-order valence-corrected chi connectivity index (χ3v) is 3.57. The van der Waals surface area contributed by atoms with Crippen LogP contribution < -0.4 is 5.32 Å². The van der Waals surface area contributed by atoms with E-state index in [1.165, 1.54) is 17.8 Å². The minimum atomic E-state index is 0.656. The summed E-state index contributed by atoms with van der Waals surface area (Å²) in [7, 11) is 0. The fourth-order valence-corrected chi connectivity index (χ4v) is 2.44. The van der Waals surface area contributed by atoms with Gasteiger partial charge in [0.2, 0.25) is 0 Å². The van der Waals surface area contributed by atoms with Gasteiger partial charge in [-0.25, -0.2) is 0 Å². The third-order valence-electron chi connectivity index (χ3n) is 2.70. The van der Waals surface area contributed by atoms with Crippen molar-refractivity contribution in [3.63, 3.8) is 0 Å². The second-order valence-electron chi connectivity index (χ2n) is 4.39. The van der Waals surface area contributed by atoms with Gasteiger partial charge in [-0.15, -0.1) is 11.3 Å². The molecule has 0 unspecified atom stereocenters. The summed E-state index contributed by atoms with van der Waals surface area (Å²) in [4.78, 5) is 3.95. The van der Waals surface area contributed by atoms with Crippen molar-refractivity contribution in [3.05, 3.63) is 22.4 Å². The van der Waals surface area contributed by atoms with Gasteiger partial charge >= 0.3 is 0 Å². The smallest absolute Gasteiger partial charge is 0.0300 e. The second-order valence-corrected chi connectivity index (χ2v) is 5.42. The molecule has 0 aliphatic rings. The van der Waals surface area contributed by atoms with E-state index < -0.39 is 0 Å². The van der Waals surface area contributed by atoms with Gasteiger partial charge in [0.15, 0.2) is 0 Å². The Morgan fingerprint density at radius 3 is 2.75 bits per heavy atom. The number of hydrogen-bond acceptors (Lipinski definition) is 3. The van der Waals surface area contributed by atoms with Gasteiger partial charge in [-0.2, -0.15) is 0 Å². The first-order valence-electron chi connectivity index (χ1n) is 6.21. The van der Waals surface area contributed by atoms with Crippen molar-refractivity contribution in [1.82, 2.24) is 10.2 Å². The van der Waals surface area contributed by atoms with Crippen LogP contribution in [0.25, 0.3) is 0 Å². The molecule has 1 N–H and O–H groups in total. The lowest BCUT2D eigenvalue weighted by molar-refractivity contribution is 0.222. The molecule has 1 aromatic heterocycles. The first-order valence-corrected chi connectivity index (χ1v) is 7.09. The van der Waals surface area contributed by atoms with E-state index in [4.69, 9.17) is 0 Å². The molecule has 1 aromatic rings. The van der Waals surface area contributed by atoms with Crippen molar-refractivity contribution in [2.45, 2.75) is 39.8 Å². The van der Waals surface area contributed by atoms with Gasteiger partial charge in [-0.05, 0) is 38.3 Å². The number of thiophene rings is 1. The molecule has 0 saturated heterocycles. The number of nitrogens with zero attached hydrogens (tertiary/aromatic N) is 1. The van der Waals surface area contributed by atoms with Crippen LogP contribution in [0.2, 0.25) is 0 Å². The van der Waals surface area contributed by atoms with Gasteiger partial charge in [0.05, 0.1) is 0 Å². The Kier molecular flexibility index (Phi) is 6.69. The zero-order chi connectivity index (χ0) is 11.8. The van der Waals surface area contributed by atoms with E-state index in [1.807, 2.05) is 11.3 Å². The largest absolute Gasteiger partial charge is 0.311 e. The zero-order valence-corrected chi connectivity index (χ0v) is 11.5. The molecule has 92 valence electrons. The van der Waals surface area contributed by atoms with E-state index in [2.05, 4.69) is 48.5 Å². The van der Waals surface area contributed by atoms with Crippen LogP contribution in [0.3, 0.4) is 0 Å². The van der Waals surface area contributed by atoms with Crippen molar-refractivity contribution in [3.8, 4) is 0 Å². The first kappa shape index (κ1) is 13.7. The number of hydrogen-bond donors (Lipinski definition) is 1. The average Bonchev–Trinajstić information content (AvgIpc) is 2.75. The van der Waals surface area contributed by atoms with Crippen LogP contribution in [0.1, 0.15) is 32.1 Å². The minimum absolute atomic E-state index is 0.656. The maximum Gasteiger partial charge on any atom is 0.0300 e. The van der Waals surface area contributed by atoms with E-state index in [0.29, 0.717) is 6.04 Å². The molecule has 3 heteroatoms. The summed E-state index contributed by atoms with van der Waals surface area (Å²) in [5.74, 6) is 0. The predicted octanol–water partition coefficient (Wildman–Crippen LogP) is 2.96. The Hall–Kier alpha value is -0.380. The van der Waals surface area contributed by atoms with Crippen LogP contribution in [0.5, 0.6) is 0 Å². The fraction of sp³-hybridized carbons (Fsp3) is 0.692. The van der Waals surface area contributed by atoms with Gasteiger partial charge in [0, 0.05) is 30.6 Å². The normalized spacial score (nSPS) is 11.6. The monoisotopic (exact) mass is 240 g/mol. The summed E-state index contributed by atoms with van der Waals surface area (Å²) < 4.78 is 0. The Morgan fingerprint density at radius 2 is 2.19 bits per heavy atom. The quantitative estimate of drug-likeness (QED) is 0.703. The molecule has 0 spiro atoms. The number of rotatable bonds is 8. The van der Waals surface area contributed by atoms with Gasteiger partial charge < -0.3 is 5.32 Å². The lowest BCUT2D eigenvalue weighted by atomic mass is 10.3. The van der Waals surface area contributed by atoms with Gasteiger partial charge in [-0.3, -0.25) is 4.90 Å². The van der Waals surface area contributed by atoms with Crippen molar-refractivity contribution >= 4 is 11.3 Å².